The minimum atomic E-state index is -0.380. The van der Waals surface area contributed by atoms with Crippen LogP contribution in [-0.4, -0.2) is 9.97 Å². The molecule has 0 saturated carbocycles. The van der Waals surface area contributed by atoms with Gasteiger partial charge in [-0.25, -0.2) is 14.4 Å². The first-order chi connectivity index (χ1) is 9.74. The summed E-state index contributed by atoms with van der Waals surface area (Å²) in [6, 6.07) is 4.08. The number of hydrogen-bond donors (Lipinski definition) is 1. The number of aromatic nitrogens is 2. The summed E-state index contributed by atoms with van der Waals surface area (Å²) in [4.78, 5) is 8.51. The van der Waals surface area contributed by atoms with Gasteiger partial charge in [0.05, 0.1) is 11.4 Å². The summed E-state index contributed by atoms with van der Waals surface area (Å²) < 4.78 is 19.0. The number of ether oxygens (including phenoxy) is 1. The number of nitrogens with zero attached hydrogens (tertiary/aromatic N) is 2. The van der Waals surface area contributed by atoms with Crippen LogP contribution in [0.5, 0.6) is 11.6 Å². The van der Waals surface area contributed by atoms with Gasteiger partial charge in [-0.2, -0.15) is 0 Å². The third-order valence-electron chi connectivity index (χ3n) is 3.52. The molecular formula is C15H16FN3O. The highest BCUT2D eigenvalue weighted by Gasteiger charge is 2.16. The van der Waals surface area contributed by atoms with E-state index in [2.05, 4.69) is 9.97 Å². The summed E-state index contributed by atoms with van der Waals surface area (Å²) in [5.74, 6) is 0.415. The molecule has 0 unspecified atom stereocenters. The van der Waals surface area contributed by atoms with E-state index < -0.39 is 0 Å². The molecule has 1 heterocycles. The second-order valence-electron chi connectivity index (χ2n) is 4.95. The molecule has 2 aromatic rings. The average molecular weight is 273 g/mol. The zero-order valence-electron chi connectivity index (χ0n) is 11.1. The lowest BCUT2D eigenvalue weighted by molar-refractivity contribution is 0.450. The van der Waals surface area contributed by atoms with Crippen molar-refractivity contribution in [1.29, 1.82) is 0 Å². The van der Waals surface area contributed by atoms with Gasteiger partial charge in [0.25, 0.3) is 0 Å². The van der Waals surface area contributed by atoms with Crippen LogP contribution in [0.1, 0.15) is 30.5 Å². The van der Waals surface area contributed by atoms with Gasteiger partial charge in [0, 0.05) is 11.6 Å². The van der Waals surface area contributed by atoms with Crippen molar-refractivity contribution in [3.63, 3.8) is 0 Å². The van der Waals surface area contributed by atoms with E-state index in [4.69, 9.17) is 10.5 Å². The van der Waals surface area contributed by atoms with E-state index in [0.717, 1.165) is 36.9 Å². The first-order valence-corrected chi connectivity index (χ1v) is 6.79. The third-order valence-corrected chi connectivity index (χ3v) is 3.52. The molecule has 1 aliphatic carbocycles. The second-order valence-corrected chi connectivity index (χ2v) is 4.95. The Bertz CT molecular complexity index is 631. The topological polar surface area (TPSA) is 61.0 Å². The van der Waals surface area contributed by atoms with Crippen LogP contribution in [-0.2, 0) is 12.8 Å². The highest BCUT2D eigenvalue weighted by Crippen LogP contribution is 2.32. The van der Waals surface area contributed by atoms with Crippen LogP contribution in [0.4, 0.5) is 10.1 Å². The summed E-state index contributed by atoms with van der Waals surface area (Å²) in [5, 5.41) is 0. The van der Waals surface area contributed by atoms with E-state index in [9.17, 15) is 4.39 Å². The highest BCUT2D eigenvalue weighted by molar-refractivity contribution is 5.54. The molecule has 0 spiro atoms. The molecule has 2 N–H and O–H groups in total. The van der Waals surface area contributed by atoms with Crippen molar-refractivity contribution in [2.24, 2.45) is 0 Å². The Labute approximate surface area is 116 Å². The average Bonchev–Trinajstić information content (AvgIpc) is 2.69. The van der Waals surface area contributed by atoms with Crippen molar-refractivity contribution >= 4 is 5.69 Å². The molecule has 3 rings (SSSR count). The number of rotatable bonds is 2. The first-order valence-electron chi connectivity index (χ1n) is 6.79. The number of fused-ring (bicyclic) bond motifs is 1. The van der Waals surface area contributed by atoms with Gasteiger partial charge in [0.15, 0.2) is 5.75 Å². The van der Waals surface area contributed by atoms with Crippen molar-refractivity contribution in [2.75, 3.05) is 5.73 Å². The van der Waals surface area contributed by atoms with Crippen LogP contribution in [0.3, 0.4) is 0 Å². The maximum atomic E-state index is 13.3. The fraction of sp³-hybridized carbons (Fsp3) is 0.333. The zero-order valence-corrected chi connectivity index (χ0v) is 11.1. The SMILES string of the molecule is Nc1ccc(F)cc1Oc1ncnc2c1CCCCC2. The van der Waals surface area contributed by atoms with E-state index >= 15 is 0 Å². The molecule has 1 aromatic heterocycles. The van der Waals surface area contributed by atoms with Gasteiger partial charge in [-0.05, 0) is 37.8 Å². The number of aryl methyl sites for hydroxylation is 1. The molecule has 0 fully saturated rings. The second kappa shape index (κ2) is 5.45. The monoisotopic (exact) mass is 273 g/mol. The Morgan fingerprint density at radius 2 is 1.95 bits per heavy atom. The molecule has 4 nitrogen and oxygen atoms in total. The summed E-state index contributed by atoms with van der Waals surface area (Å²) in [6.07, 6.45) is 6.72. The molecule has 0 saturated heterocycles. The van der Waals surface area contributed by atoms with Gasteiger partial charge in [-0.1, -0.05) is 6.42 Å². The first kappa shape index (κ1) is 12.8. The van der Waals surface area contributed by atoms with Gasteiger partial charge >= 0.3 is 0 Å². The minimum absolute atomic E-state index is 0.301. The Morgan fingerprint density at radius 1 is 1.10 bits per heavy atom. The van der Waals surface area contributed by atoms with Crippen molar-refractivity contribution < 1.29 is 9.13 Å². The Hall–Kier alpha value is -2.17. The Morgan fingerprint density at radius 3 is 2.85 bits per heavy atom. The van der Waals surface area contributed by atoms with Gasteiger partial charge in [-0.3, -0.25) is 0 Å². The van der Waals surface area contributed by atoms with Crippen LogP contribution in [0.2, 0.25) is 0 Å². The highest BCUT2D eigenvalue weighted by atomic mass is 19.1. The number of nitrogen functional groups attached to an aromatic ring is 1. The third kappa shape index (κ3) is 2.57. The molecule has 1 aliphatic rings. The smallest absolute Gasteiger partial charge is 0.225 e. The van der Waals surface area contributed by atoms with Gasteiger partial charge in [-0.15, -0.1) is 0 Å². The largest absolute Gasteiger partial charge is 0.436 e. The molecule has 104 valence electrons. The molecule has 0 radical (unpaired) electrons. The lowest BCUT2D eigenvalue weighted by Crippen LogP contribution is -2.02. The van der Waals surface area contributed by atoms with E-state index in [1.165, 1.54) is 30.9 Å². The summed E-state index contributed by atoms with van der Waals surface area (Å²) in [7, 11) is 0. The molecule has 0 atom stereocenters. The van der Waals surface area contributed by atoms with Gasteiger partial charge in [0.2, 0.25) is 5.88 Å². The van der Waals surface area contributed by atoms with Gasteiger partial charge in [0.1, 0.15) is 12.1 Å². The van der Waals surface area contributed by atoms with Crippen molar-refractivity contribution in [2.45, 2.75) is 32.1 Å². The molecule has 0 bridgehead atoms. The molecular weight excluding hydrogens is 257 g/mol. The van der Waals surface area contributed by atoms with Crippen LogP contribution in [0.25, 0.3) is 0 Å². The van der Waals surface area contributed by atoms with Crippen molar-refractivity contribution in [1.82, 2.24) is 9.97 Å². The Kier molecular flexibility index (Phi) is 3.50. The number of nitrogens with two attached hydrogens (primary N) is 1. The number of anilines is 1. The van der Waals surface area contributed by atoms with Crippen LogP contribution >= 0.6 is 0 Å². The fourth-order valence-electron chi connectivity index (χ4n) is 2.46. The molecule has 0 aliphatic heterocycles. The van der Waals surface area contributed by atoms with Crippen LogP contribution < -0.4 is 10.5 Å². The van der Waals surface area contributed by atoms with Crippen molar-refractivity contribution in [3.8, 4) is 11.6 Å². The fourth-order valence-corrected chi connectivity index (χ4v) is 2.46. The molecule has 20 heavy (non-hydrogen) atoms. The normalized spacial score (nSPS) is 14.4. The van der Waals surface area contributed by atoms with Crippen molar-refractivity contribution in [3.05, 3.63) is 41.6 Å². The number of benzene rings is 1. The predicted octanol–water partition coefficient (Wildman–Crippen LogP) is 3.26. The molecule has 1 aromatic carbocycles. The maximum Gasteiger partial charge on any atom is 0.225 e. The number of halogens is 1. The predicted molar refractivity (Wildman–Crippen MR) is 74.2 cm³/mol. The van der Waals surface area contributed by atoms with E-state index in [-0.39, 0.29) is 5.82 Å². The van der Waals surface area contributed by atoms with E-state index in [0.29, 0.717) is 17.3 Å². The molecule has 5 heteroatoms. The lowest BCUT2D eigenvalue weighted by Gasteiger charge is -2.12. The van der Waals surface area contributed by atoms with E-state index in [1.807, 2.05) is 0 Å². The minimum Gasteiger partial charge on any atom is -0.436 e. The lowest BCUT2D eigenvalue weighted by atomic mass is 10.1. The Balaban J connectivity index is 1.96. The zero-order chi connectivity index (χ0) is 13.9. The molecule has 0 amide bonds. The summed E-state index contributed by atoms with van der Waals surface area (Å²) in [6.45, 7) is 0. The van der Waals surface area contributed by atoms with E-state index in [1.54, 1.807) is 0 Å². The maximum absolute atomic E-state index is 13.3. The van der Waals surface area contributed by atoms with Crippen LogP contribution in [0, 0.1) is 5.82 Å². The number of hydrogen-bond acceptors (Lipinski definition) is 4. The van der Waals surface area contributed by atoms with Crippen LogP contribution in [0.15, 0.2) is 24.5 Å². The standard InChI is InChI=1S/C15H16FN3O/c16-10-6-7-12(17)14(8-10)20-15-11-4-2-1-3-5-13(11)18-9-19-15/h6-9H,1-5,17H2. The summed E-state index contributed by atoms with van der Waals surface area (Å²) >= 11 is 0. The summed E-state index contributed by atoms with van der Waals surface area (Å²) in [5.41, 5.74) is 8.26. The van der Waals surface area contributed by atoms with Gasteiger partial charge < -0.3 is 10.5 Å². The quantitative estimate of drug-likeness (QED) is 0.674.